The third-order valence-electron chi connectivity index (χ3n) is 4.04. The molecular weight excluding hydrogens is 361 g/mol. The van der Waals surface area contributed by atoms with E-state index < -0.39 is 0 Å². The number of nitrogens with zero attached hydrogens (tertiary/aromatic N) is 2. The van der Waals surface area contributed by atoms with Crippen molar-refractivity contribution in [1.82, 2.24) is 15.2 Å². The van der Waals surface area contributed by atoms with E-state index in [2.05, 4.69) is 10.3 Å². The Kier molecular flexibility index (Phi) is 7.68. The number of thioether (sulfide) groups is 1. The Morgan fingerprint density at radius 3 is 2.92 bits per heavy atom. The van der Waals surface area contributed by atoms with Crippen molar-refractivity contribution in [3.8, 4) is 0 Å². The Morgan fingerprint density at radius 2 is 2.16 bits per heavy atom. The van der Waals surface area contributed by atoms with E-state index in [1.165, 1.54) is 17.8 Å². The number of nitrogens with one attached hydrogen (secondary N) is 1. The molecule has 1 aliphatic rings. The van der Waals surface area contributed by atoms with E-state index in [1.807, 2.05) is 29.3 Å². The molecule has 1 amide bonds. The average molecular weight is 382 g/mol. The molecular formula is C18H21ClFN3OS. The minimum absolute atomic E-state index is 0. The highest BCUT2D eigenvalue weighted by molar-refractivity contribution is 7.99. The molecule has 2 aromatic rings. The fraction of sp³-hybridized carbons (Fsp3) is 0.333. The van der Waals surface area contributed by atoms with Gasteiger partial charge in [-0.1, -0.05) is 18.2 Å². The van der Waals surface area contributed by atoms with Gasteiger partial charge in [-0.15, -0.1) is 24.2 Å². The standard InChI is InChI=1S/C18H20FN3OS.ClH/c19-15-5-1-2-6-17(15)24-11-7-18(23)22-10-9-21-13-16(22)14-4-3-8-20-12-14;/h1-6,8,12,16,21H,7,9-11,13H2;1H. The quantitative estimate of drug-likeness (QED) is 0.807. The van der Waals surface area contributed by atoms with Crippen LogP contribution >= 0.6 is 24.2 Å². The van der Waals surface area contributed by atoms with Crippen molar-refractivity contribution in [2.75, 3.05) is 25.4 Å². The summed E-state index contributed by atoms with van der Waals surface area (Å²) in [7, 11) is 0. The van der Waals surface area contributed by atoms with E-state index in [4.69, 9.17) is 0 Å². The predicted molar refractivity (Wildman–Crippen MR) is 101 cm³/mol. The highest BCUT2D eigenvalue weighted by Crippen LogP contribution is 2.25. The van der Waals surface area contributed by atoms with Crippen molar-refractivity contribution in [1.29, 1.82) is 0 Å². The summed E-state index contributed by atoms with van der Waals surface area (Å²) in [5.41, 5.74) is 1.04. The molecule has 1 N–H and O–H groups in total. The normalized spacial score (nSPS) is 17.0. The zero-order valence-electron chi connectivity index (χ0n) is 13.7. The molecule has 4 nitrogen and oxygen atoms in total. The second-order valence-corrected chi connectivity index (χ2v) is 6.76. The molecule has 1 aromatic carbocycles. The molecule has 25 heavy (non-hydrogen) atoms. The van der Waals surface area contributed by atoms with Crippen molar-refractivity contribution in [3.05, 3.63) is 60.2 Å². The fourth-order valence-corrected chi connectivity index (χ4v) is 3.70. The first kappa shape index (κ1) is 19.7. The molecule has 0 spiro atoms. The molecule has 7 heteroatoms. The number of hydrogen-bond acceptors (Lipinski definition) is 4. The molecule has 1 atom stereocenters. The molecule has 0 aliphatic carbocycles. The number of carbonyl (C=O) groups is 1. The topological polar surface area (TPSA) is 45.2 Å². The smallest absolute Gasteiger partial charge is 0.224 e. The number of benzene rings is 1. The highest BCUT2D eigenvalue weighted by atomic mass is 35.5. The summed E-state index contributed by atoms with van der Waals surface area (Å²) >= 11 is 1.39. The summed E-state index contributed by atoms with van der Waals surface area (Å²) in [6.45, 7) is 2.21. The first-order valence-electron chi connectivity index (χ1n) is 8.03. The minimum atomic E-state index is -0.231. The number of carbonyl (C=O) groups excluding carboxylic acids is 1. The summed E-state index contributed by atoms with van der Waals surface area (Å²) < 4.78 is 13.6. The fourth-order valence-electron chi connectivity index (χ4n) is 2.83. The van der Waals surface area contributed by atoms with Gasteiger partial charge < -0.3 is 10.2 Å². The number of amides is 1. The number of rotatable bonds is 5. The third kappa shape index (κ3) is 5.17. The summed E-state index contributed by atoms with van der Waals surface area (Å²) in [6, 6.07) is 10.6. The zero-order chi connectivity index (χ0) is 16.8. The van der Waals surface area contributed by atoms with E-state index in [0.717, 1.165) is 18.7 Å². The van der Waals surface area contributed by atoms with Gasteiger partial charge in [-0.05, 0) is 23.8 Å². The molecule has 0 bridgehead atoms. The summed E-state index contributed by atoms with van der Waals surface area (Å²) in [4.78, 5) is 19.3. The van der Waals surface area contributed by atoms with Crippen LogP contribution in [0.5, 0.6) is 0 Å². The van der Waals surface area contributed by atoms with Crippen LogP contribution in [0.25, 0.3) is 0 Å². The maximum atomic E-state index is 13.6. The van der Waals surface area contributed by atoms with Crippen LogP contribution in [-0.2, 0) is 4.79 Å². The monoisotopic (exact) mass is 381 g/mol. The predicted octanol–water partition coefficient (Wildman–Crippen LogP) is 3.30. The van der Waals surface area contributed by atoms with Crippen LogP contribution in [0.15, 0.2) is 53.7 Å². The van der Waals surface area contributed by atoms with Gasteiger partial charge in [-0.25, -0.2) is 4.39 Å². The molecule has 0 saturated carbocycles. The van der Waals surface area contributed by atoms with Crippen LogP contribution in [0.2, 0.25) is 0 Å². The highest BCUT2D eigenvalue weighted by Gasteiger charge is 2.27. The van der Waals surface area contributed by atoms with E-state index in [9.17, 15) is 9.18 Å². The lowest BCUT2D eigenvalue weighted by atomic mass is 10.1. The lowest BCUT2D eigenvalue weighted by Crippen LogP contribution is -2.48. The lowest BCUT2D eigenvalue weighted by Gasteiger charge is -2.36. The van der Waals surface area contributed by atoms with Crippen LogP contribution < -0.4 is 5.32 Å². The van der Waals surface area contributed by atoms with Crippen LogP contribution in [0.3, 0.4) is 0 Å². The number of halogens is 2. The number of pyridine rings is 1. The van der Waals surface area contributed by atoms with Crippen LogP contribution in [-0.4, -0.2) is 41.2 Å². The molecule has 134 valence electrons. The largest absolute Gasteiger partial charge is 0.333 e. The van der Waals surface area contributed by atoms with Crippen molar-refractivity contribution in [3.63, 3.8) is 0 Å². The van der Waals surface area contributed by atoms with Gasteiger partial charge in [0.15, 0.2) is 0 Å². The van der Waals surface area contributed by atoms with Crippen LogP contribution in [0.4, 0.5) is 4.39 Å². The van der Waals surface area contributed by atoms with Gasteiger partial charge in [-0.3, -0.25) is 9.78 Å². The summed E-state index contributed by atoms with van der Waals surface area (Å²) in [5.74, 6) is 0.447. The minimum Gasteiger partial charge on any atom is -0.333 e. The summed E-state index contributed by atoms with van der Waals surface area (Å²) in [6.07, 6.45) is 3.94. The second kappa shape index (κ2) is 9.75. The Morgan fingerprint density at radius 1 is 1.32 bits per heavy atom. The molecule has 2 heterocycles. The molecule has 1 fully saturated rings. The maximum absolute atomic E-state index is 13.6. The van der Waals surface area contributed by atoms with Crippen molar-refractivity contribution >= 4 is 30.1 Å². The number of aromatic nitrogens is 1. The number of piperazine rings is 1. The molecule has 1 aliphatic heterocycles. The SMILES string of the molecule is Cl.O=C(CCSc1ccccc1F)N1CCNCC1c1cccnc1. The van der Waals surface area contributed by atoms with Crippen molar-refractivity contribution < 1.29 is 9.18 Å². The van der Waals surface area contributed by atoms with Gasteiger partial charge >= 0.3 is 0 Å². The van der Waals surface area contributed by atoms with Crippen LogP contribution in [0, 0.1) is 5.82 Å². The van der Waals surface area contributed by atoms with Crippen LogP contribution in [0.1, 0.15) is 18.0 Å². The van der Waals surface area contributed by atoms with E-state index in [1.54, 1.807) is 18.3 Å². The zero-order valence-corrected chi connectivity index (χ0v) is 15.4. The molecule has 0 radical (unpaired) electrons. The Hall–Kier alpha value is -1.63. The van der Waals surface area contributed by atoms with Crippen molar-refractivity contribution in [2.45, 2.75) is 17.4 Å². The van der Waals surface area contributed by atoms with Crippen molar-refractivity contribution in [2.24, 2.45) is 0 Å². The van der Waals surface area contributed by atoms with Gasteiger partial charge in [-0.2, -0.15) is 0 Å². The average Bonchev–Trinajstić information content (AvgIpc) is 2.64. The van der Waals surface area contributed by atoms with E-state index >= 15 is 0 Å². The Balaban J connectivity index is 0.00000225. The Bertz CT molecular complexity index is 689. The Labute approximate surface area is 157 Å². The number of hydrogen-bond donors (Lipinski definition) is 1. The van der Waals surface area contributed by atoms with E-state index in [-0.39, 0.29) is 30.2 Å². The first-order chi connectivity index (χ1) is 11.8. The molecule has 1 saturated heterocycles. The third-order valence-corrected chi connectivity index (χ3v) is 5.09. The van der Waals surface area contributed by atoms with Gasteiger partial charge in [0.25, 0.3) is 0 Å². The molecule has 3 rings (SSSR count). The maximum Gasteiger partial charge on any atom is 0.224 e. The van der Waals surface area contributed by atoms with Gasteiger partial charge in [0.05, 0.1) is 6.04 Å². The first-order valence-corrected chi connectivity index (χ1v) is 9.01. The van der Waals surface area contributed by atoms with Gasteiger partial charge in [0, 0.05) is 49.1 Å². The second-order valence-electron chi connectivity index (χ2n) is 5.62. The van der Waals surface area contributed by atoms with E-state index in [0.29, 0.717) is 23.6 Å². The lowest BCUT2D eigenvalue weighted by molar-refractivity contribution is -0.134. The summed E-state index contributed by atoms with van der Waals surface area (Å²) in [5, 5.41) is 3.33. The molecule has 1 unspecified atom stereocenters. The van der Waals surface area contributed by atoms with Gasteiger partial charge in [0.1, 0.15) is 5.82 Å². The molecule has 1 aromatic heterocycles. The van der Waals surface area contributed by atoms with Gasteiger partial charge in [0.2, 0.25) is 5.91 Å².